The van der Waals surface area contributed by atoms with Crippen LogP contribution in [0.1, 0.15) is 23.1 Å². The molecule has 1 heterocycles. The first-order chi connectivity index (χ1) is 17.2. The first-order valence-electron chi connectivity index (χ1n) is 11.6. The smallest absolute Gasteiger partial charge is 0.410 e. The highest BCUT2D eigenvalue weighted by atomic mass is 32.2. The summed E-state index contributed by atoms with van der Waals surface area (Å²) in [5, 5.41) is 3.86. The number of hydrogen-bond donors (Lipinski definition) is 0. The van der Waals surface area contributed by atoms with Crippen LogP contribution in [0, 0.1) is 0 Å². The van der Waals surface area contributed by atoms with Gasteiger partial charge in [-0.1, -0.05) is 109 Å². The standard InChI is InChI=1S/C28H28N4O2S/c1-2-18-34-27(33)32-21-26(19-25(32)20-30-31-29)35-28(22-12-6-3-7-13-22,23-14-8-4-9-15-23)24-16-10-5-11-17-24/h2-17,25-26H,1,18-21H2/t25-,26-/m0/s1. The van der Waals surface area contributed by atoms with Gasteiger partial charge in [0.05, 0.1) is 4.75 Å². The van der Waals surface area contributed by atoms with Crippen LogP contribution in [0.25, 0.3) is 10.4 Å². The summed E-state index contributed by atoms with van der Waals surface area (Å²) in [6.45, 7) is 4.48. The average molecular weight is 485 g/mol. The Hall–Kier alpha value is -3.67. The number of hydrogen-bond acceptors (Lipinski definition) is 4. The fourth-order valence-electron chi connectivity index (χ4n) is 4.67. The number of ether oxygens (including phenoxy) is 1. The van der Waals surface area contributed by atoms with Gasteiger partial charge in [-0.15, -0.1) is 11.8 Å². The van der Waals surface area contributed by atoms with Crippen LogP contribution >= 0.6 is 11.8 Å². The van der Waals surface area contributed by atoms with E-state index in [0.29, 0.717) is 13.0 Å². The van der Waals surface area contributed by atoms with E-state index >= 15 is 0 Å². The van der Waals surface area contributed by atoms with Crippen molar-refractivity contribution in [3.05, 3.63) is 131 Å². The summed E-state index contributed by atoms with van der Waals surface area (Å²) in [6, 6.07) is 31.2. The molecule has 1 aliphatic heterocycles. The van der Waals surface area contributed by atoms with Gasteiger partial charge in [0.25, 0.3) is 0 Å². The third-order valence-electron chi connectivity index (χ3n) is 6.18. The molecule has 1 saturated heterocycles. The fraction of sp³-hybridized carbons (Fsp3) is 0.250. The molecule has 6 nitrogen and oxygen atoms in total. The van der Waals surface area contributed by atoms with Gasteiger partial charge >= 0.3 is 6.09 Å². The Morgan fingerprint density at radius 1 is 1.03 bits per heavy atom. The van der Waals surface area contributed by atoms with Gasteiger partial charge < -0.3 is 9.64 Å². The molecular weight excluding hydrogens is 456 g/mol. The summed E-state index contributed by atoms with van der Waals surface area (Å²) in [7, 11) is 0. The molecule has 0 radical (unpaired) electrons. The van der Waals surface area contributed by atoms with Crippen molar-refractivity contribution in [3.8, 4) is 0 Å². The molecule has 35 heavy (non-hydrogen) atoms. The first-order valence-corrected chi connectivity index (χ1v) is 12.5. The Morgan fingerprint density at radius 3 is 2.00 bits per heavy atom. The monoisotopic (exact) mass is 484 g/mol. The number of amides is 1. The van der Waals surface area contributed by atoms with E-state index < -0.39 is 10.8 Å². The third-order valence-corrected chi connectivity index (χ3v) is 7.91. The summed E-state index contributed by atoms with van der Waals surface area (Å²) < 4.78 is 4.86. The summed E-state index contributed by atoms with van der Waals surface area (Å²) >= 11 is 1.84. The van der Waals surface area contributed by atoms with Crippen molar-refractivity contribution in [2.75, 3.05) is 19.7 Å². The van der Waals surface area contributed by atoms with Crippen LogP contribution in [0.2, 0.25) is 0 Å². The van der Waals surface area contributed by atoms with Gasteiger partial charge in [-0.25, -0.2) is 4.79 Å². The van der Waals surface area contributed by atoms with Gasteiger partial charge in [0, 0.05) is 29.3 Å². The predicted molar refractivity (Wildman–Crippen MR) is 141 cm³/mol. The van der Waals surface area contributed by atoms with Crippen LogP contribution in [0.3, 0.4) is 0 Å². The molecule has 7 heteroatoms. The molecule has 178 valence electrons. The lowest BCUT2D eigenvalue weighted by Crippen LogP contribution is -2.38. The van der Waals surface area contributed by atoms with E-state index in [1.165, 1.54) is 16.7 Å². The number of carbonyl (C=O) groups excluding carboxylic acids is 1. The van der Waals surface area contributed by atoms with Crippen molar-refractivity contribution in [1.82, 2.24) is 4.90 Å². The maximum atomic E-state index is 12.8. The zero-order chi connectivity index (χ0) is 24.5. The van der Waals surface area contributed by atoms with Crippen LogP contribution in [-0.2, 0) is 9.48 Å². The second kappa shape index (κ2) is 11.6. The largest absolute Gasteiger partial charge is 0.445 e. The van der Waals surface area contributed by atoms with Crippen molar-refractivity contribution in [1.29, 1.82) is 0 Å². The third kappa shape index (κ3) is 5.37. The van der Waals surface area contributed by atoms with Gasteiger partial charge in [-0.3, -0.25) is 0 Å². The number of benzene rings is 3. The zero-order valence-electron chi connectivity index (χ0n) is 19.4. The summed E-state index contributed by atoms with van der Waals surface area (Å²) in [6.07, 6.45) is 1.84. The number of carbonyl (C=O) groups is 1. The fourth-order valence-corrected chi connectivity index (χ4v) is 6.54. The Morgan fingerprint density at radius 2 is 1.54 bits per heavy atom. The van der Waals surface area contributed by atoms with E-state index in [1.54, 1.807) is 11.0 Å². The van der Waals surface area contributed by atoms with Crippen LogP contribution in [0.5, 0.6) is 0 Å². The van der Waals surface area contributed by atoms with Gasteiger partial charge in [-0.2, -0.15) is 0 Å². The molecule has 1 fully saturated rings. The molecule has 1 aliphatic rings. The maximum Gasteiger partial charge on any atom is 0.410 e. The molecular formula is C28H28N4O2S. The van der Waals surface area contributed by atoms with Gasteiger partial charge in [0.2, 0.25) is 0 Å². The summed E-state index contributed by atoms with van der Waals surface area (Å²) in [4.78, 5) is 17.4. The number of nitrogens with zero attached hydrogens (tertiary/aromatic N) is 4. The minimum absolute atomic E-state index is 0.0887. The Balaban J connectivity index is 1.77. The number of azide groups is 1. The van der Waals surface area contributed by atoms with Crippen molar-refractivity contribution < 1.29 is 9.53 Å². The molecule has 0 saturated carbocycles. The predicted octanol–water partition coefficient (Wildman–Crippen LogP) is 6.79. The normalized spacial score (nSPS) is 17.4. The molecule has 3 aromatic carbocycles. The highest BCUT2D eigenvalue weighted by Crippen LogP contribution is 2.52. The zero-order valence-corrected chi connectivity index (χ0v) is 20.3. The molecule has 0 bridgehead atoms. The highest BCUT2D eigenvalue weighted by Gasteiger charge is 2.44. The van der Waals surface area contributed by atoms with E-state index in [9.17, 15) is 4.79 Å². The van der Waals surface area contributed by atoms with Gasteiger partial charge in [-0.05, 0) is 28.6 Å². The molecule has 3 aromatic rings. The van der Waals surface area contributed by atoms with E-state index in [0.717, 1.165) is 0 Å². The van der Waals surface area contributed by atoms with Crippen molar-refractivity contribution >= 4 is 17.9 Å². The molecule has 2 atom stereocenters. The lowest BCUT2D eigenvalue weighted by molar-refractivity contribution is 0.109. The van der Waals surface area contributed by atoms with Crippen molar-refractivity contribution in [3.63, 3.8) is 0 Å². The lowest BCUT2D eigenvalue weighted by Gasteiger charge is -2.37. The topological polar surface area (TPSA) is 78.3 Å². The van der Waals surface area contributed by atoms with Crippen LogP contribution in [0.4, 0.5) is 4.79 Å². The molecule has 0 N–H and O–H groups in total. The van der Waals surface area contributed by atoms with Crippen LogP contribution in [-0.4, -0.2) is 42.0 Å². The molecule has 0 aliphatic carbocycles. The van der Waals surface area contributed by atoms with Crippen molar-refractivity contribution in [2.24, 2.45) is 5.11 Å². The van der Waals surface area contributed by atoms with E-state index in [4.69, 9.17) is 10.3 Å². The van der Waals surface area contributed by atoms with Crippen molar-refractivity contribution in [2.45, 2.75) is 22.5 Å². The lowest BCUT2D eigenvalue weighted by atomic mass is 9.84. The van der Waals surface area contributed by atoms with E-state index in [2.05, 4.69) is 89.4 Å². The van der Waals surface area contributed by atoms with Crippen LogP contribution in [0.15, 0.2) is 109 Å². The Kier molecular flexibility index (Phi) is 8.14. The molecule has 0 unspecified atom stereocenters. The van der Waals surface area contributed by atoms with Crippen LogP contribution < -0.4 is 0 Å². The summed E-state index contributed by atoms with van der Waals surface area (Å²) in [5.74, 6) is 0. The Bertz CT molecular complexity index is 1070. The SMILES string of the molecule is C=CCOC(=O)N1C[C@@H](SC(c2ccccc2)(c2ccccc2)c2ccccc2)C[C@H]1CN=[N+]=[N-]. The number of likely N-dealkylation sites (tertiary alicyclic amines) is 1. The second-order valence-electron chi connectivity index (χ2n) is 8.34. The maximum absolute atomic E-state index is 12.8. The minimum Gasteiger partial charge on any atom is -0.445 e. The summed E-state index contributed by atoms with van der Waals surface area (Å²) in [5.41, 5.74) is 12.4. The first kappa shape index (κ1) is 24.5. The average Bonchev–Trinajstić information content (AvgIpc) is 3.33. The second-order valence-corrected chi connectivity index (χ2v) is 9.85. The molecule has 1 amide bonds. The number of thioether (sulfide) groups is 1. The van der Waals surface area contributed by atoms with E-state index in [1.807, 2.05) is 30.0 Å². The quantitative estimate of drug-likeness (QED) is 0.110. The minimum atomic E-state index is -0.488. The van der Waals surface area contributed by atoms with Gasteiger partial charge in [0.1, 0.15) is 6.61 Å². The Labute approximate surface area is 210 Å². The van der Waals surface area contributed by atoms with E-state index in [-0.39, 0.29) is 24.4 Å². The molecule has 0 aromatic heterocycles. The number of rotatable bonds is 9. The highest BCUT2D eigenvalue weighted by molar-refractivity contribution is 8.01. The molecule has 0 spiro atoms. The van der Waals surface area contributed by atoms with Gasteiger partial charge in [0.15, 0.2) is 0 Å². The molecule has 4 rings (SSSR count).